The van der Waals surface area contributed by atoms with Gasteiger partial charge in [-0.2, -0.15) is 0 Å². The van der Waals surface area contributed by atoms with Crippen LogP contribution in [0.5, 0.6) is 0 Å². The molecule has 0 bridgehead atoms. The smallest absolute Gasteiger partial charge is 0.150 e. The molecule has 5 heteroatoms. The Labute approximate surface area is 117 Å². The maximum Gasteiger partial charge on any atom is 0.150 e. The monoisotopic (exact) mass is 331 g/mol. The topological polar surface area (TPSA) is 46.2 Å². The second kappa shape index (κ2) is 5.72. The lowest BCUT2D eigenvalue weighted by Crippen LogP contribution is -2.34. The van der Waals surface area contributed by atoms with Gasteiger partial charge in [0.1, 0.15) is 0 Å². The predicted octanol–water partition coefficient (Wildman–Crippen LogP) is 2.53. The third-order valence-corrected chi connectivity index (χ3v) is 5.89. The SMILES string of the molecule is CNC(c1ccc(Br)cc1)C1CCCS(=O)(=O)C1. The largest absolute Gasteiger partial charge is 0.313 e. The van der Waals surface area contributed by atoms with E-state index in [2.05, 4.69) is 21.2 Å². The van der Waals surface area contributed by atoms with Crippen molar-refractivity contribution in [3.05, 3.63) is 34.3 Å². The Hall–Kier alpha value is -0.390. The van der Waals surface area contributed by atoms with Gasteiger partial charge in [0.05, 0.1) is 11.5 Å². The molecule has 1 saturated heterocycles. The third kappa shape index (κ3) is 3.33. The lowest BCUT2D eigenvalue weighted by atomic mass is 9.91. The second-order valence-corrected chi connectivity index (χ2v) is 7.98. The standard InChI is InChI=1S/C13H18BrNO2S/c1-15-13(10-4-6-12(14)7-5-10)11-3-2-8-18(16,17)9-11/h4-7,11,13,15H,2-3,8-9H2,1H3. The highest BCUT2D eigenvalue weighted by Crippen LogP contribution is 2.31. The molecule has 2 unspecified atom stereocenters. The maximum absolute atomic E-state index is 11.7. The van der Waals surface area contributed by atoms with Crippen LogP contribution in [0.1, 0.15) is 24.4 Å². The minimum Gasteiger partial charge on any atom is -0.313 e. The number of hydrogen-bond acceptors (Lipinski definition) is 3. The first-order valence-corrected chi connectivity index (χ1v) is 8.76. The first-order valence-electron chi connectivity index (χ1n) is 6.15. The van der Waals surface area contributed by atoms with Crippen molar-refractivity contribution in [2.45, 2.75) is 18.9 Å². The van der Waals surface area contributed by atoms with Gasteiger partial charge in [0.2, 0.25) is 0 Å². The van der Waals surface area contributed by atoms with Crippen molar-refractivity contribution in [3.63, 3.8) is 0 Å². The fourth-order valence-electron chi connectivity index (χ4n) is 2.67. The molecule has 1 aromatic carbocycles. The van der Waals surface area contributed by atoms with Gasteiger partial charge in [0.25, 0.3) is 0 Å². The summed E-state index contributed by atoms with van der Waals surface area (Å²) < 4.78 is 24.5. The van der Waals surface area contributed by atoms with E-state index in [0.29, 0.717) is 11.5 Å². The van der Waals surface area contributed by atoms with Crippen molar-refractivity contribution in [1.82, 2.24) is 5.32 Å². The molecule has 100 valence electrons. The molecular formula is C13H18BrNO2S. The van der Waals surface area contributed by atoms with Gasteiger partial charge in [-0.1, -0.05) is 28.1 Å². The van der Waals surface area contributed by atoms with Gasteiger partial charge in [-0.15, -0.1) is 0 Å². The molecule has 3 nitrogen and oxygen atoms in total. The molecular weight excluding hydrogens is 314 g/mol. The Morgan fingerprint density at radius 1 is 1.33 bits per heavy atom. The van der Waals surface area contributed by atoms with Crippen LogP contribution >= 0.6 is 15.9 Å². The van der Waals surface area contributed by atoms with Gasteiger partial charge in [-0.3, -0.25) is 0 Å². The Balaban J connectivity index is 2.20. The second-order valence-electron chi connectivity index (χ2n) is 4.83. The molecule has 0 aromatic heterocycles. The number of sulfone groups is 1. The molecule has 2 rings (SSSR count). The van der Waals surface area contributed by atoms with Crippen molar-refractivity contribution in [2.75, 3.05) is 18.6 Å². The van der Waals surface area contributed by atoms with Crippen LogP contribution in [0.25, 0.3) is 0 Å². The van der Waals surface area contributed by atoms with Crippen molar-refractivity contribution >= 4 is 25.8 Å². The highest BCUT2D eigenvalue weighted by Gasteiger charge is 2.30. The molecule has 0 aliphatic carbocycles. The fourth-order valence-corrected chi connectivity index (χ4v) is 4.71. The van der Waals surface area contributed by atoms with Crippen LogP contribution in [0.3, 0.4) is 0 Å². The molecule has 2 atom stereocenters. The molecule has 0 amide bonds. The van der Waals surface area contributed by atoms with E-state index < -0.39 is 9.84 Å². The zero-order chi connectivity index (χ0) is 13.2. The maximum atomic E-state index is 11.7. The lowest BCUT2D eigenvalue weighted by Gasteiger charge is -2.30. The van der Waals surface area contributed by atoms with Crippen LogP contribution in [-0.4, -0.2) is 27.0 Å². The molecule has 1 N–H and O–H groups in total. The van der Waals surface area contributed by atoms with Crippen LogP contribution in [0.4, 0.5) is 0 Å². The molecule has 0 radical (unpaired) electrons. The summed E-state index contributed by atoms with van der Waals surface area (Å²) in [5.41, 5.74) is 1.16. The number of rotatable bonds is 3. The van der Waals surface area contributed by atoms with Crippen molar-refractivity contribution in [1.29, 1.82) is 0 Å². The summed E-state index contributed by atoms with van der Waals surface area (Å²) in [7, 11) is -0.956. The summed E-state index contributed by atoms with van der Waals surface area (Å²) in [6.45, 7) is 0. The molecule has 1 aromatic rings. The number of nitrogens with one attached hydrogen (secondary N) is 1. The van der Waals surface area contributed by atoms with E-state index in [0.717, 1.165) is 22.9 Å². The quantitative estimate of drug-likeness (QED) is 0.925. The van der Waals surface area contributed by atoms with Crippen LogP contribution in [0, 0.1) is 5.92 Å². The molecule has 18 heavy (non-hydrogen) atoms. The lowest BCUT2D eigenvalue weighted by molar-refractivity contribution is 0.373. The van der Waals surface area contributed by atoms with Crippen molar-refractivity contribution in [2.24, 2.45) is 5.92 Å². The zero-order valence-electron chi connectivity index (χ0n) is 10.4. The van der Waals surface area contributed by atoms with E-state index >= 15 is 0 Å². The summed E-state index contributed by atoms with van der Waals surface area (Å²) in [5, 5.41) is 3.27. The zero-order valence-corrected chi connectivity index (χ0v) is 12.8. The Kier molecular flexibility index (Phi) is 4.45. The molecule has 1 heterocycles. The average Bonchev–Trinajstić information content (AvgIpc) is 2.31. The highest BCUT2D eigenvalue weighted by molar-refractivity contribution is 9.10. The summed E-state index contributed by atoms with van der Waals surface area (Å²) >= 11 is 3.41. The van der Waals surface area contributed by atoms with Crippen LogP contribution < -0.4 is 5.32 Å². The summed E-state index contributed by atoms with van der Waals surface area (Å²) in [6.07, 6.45) is 1.75. The first-order chi connectivity index (χ1) is 8.52. The molecule has 0 spiro atoms. The van der Waals surface area contributed by atoms with E-state index in [4.69, 9.17) is 0 Å². The molecule has 1 aliphatic rings. The average molecular weight is 332 g/mol. The Morgan fingerprint density at radius 2 is 2.00 bits per heavy atom. The van der Waals surface area contributed by atoms with Gasteiger partial charge >= 0.3 is 0 Å². The highest BCUT2D eigenvalue weighted by atomic mass is 79.9. The summed E-state index contributed by atoms with van der Waals surface area (Å²) in [4.78, 5) is 0. The first kappa shape index (κ1) is 14.0. The summed E-state index contributed by atoms with van der Waals surface area (Å²) in [6, 6.07) is 8.21. The minimum absolute atomic E-state index is 0.119. The summed E-state index contributed by atoms with van der Waals surface area (Å²) in [5.74, 6) is 0.824. The molecule has 0 saturated carbocycles. The molecule has 1 fully saturated rings. The van der Waals surface area contributed by atoms with Crippen LogP contribution in [0.2, 0.25) is 0 Å². The van der Waals surface area contributed by atoms with Crippen LogP contribution in [0.15, 0.2) is 28.7 Å². The van der Waals surface area contributed by atoms with Crippen LogP contribution in [-0.2, 0) is 9.84 Å². The van der Waals surface area contributed by atoms with E-state index in [9.17, 15) is 8.42 Å². The van der Waals surface area contributed by atoms with E-state index in [1.165, 1.54) is 0 Å². The van der Waals surface area contributed by atoms with Gasteiger partial charge < -0.3 is 5.32 Å². The van der Waals surface area contributed by atoms with E-state index in [-0.39, 0.29) is 12.0 Å². The predicted molar refractivity (Wildman–Crippen MR) is 77.3 cm³/mol. The normalized spacial score (nSPS) is 24.7. The third-order valence-electron chi connectivity index (χ3n) is 3.51. The number of benzene rings is 1. The fraction of sp³-hybridized carbons (Fsp3) is 0.538. The van der Waals surface area contributed by atoms with E-state index in [1.54, 1.807) is 0 Å². The van der Waals surface area contributed by atoms with Gasteiger partial charge in [0, 0.05) is 10.5 Å². The van der Waals surface area contributed by atoms with Crippen molar-refractivity contribution in [3.8, 4) is 0 Å². The number of hydrogen-bond donors (Lipinski definition) is 1. The van der Waals surface area contributed by atoms with E-state index in [1.807, 2.05) is 31.3 Å². The number of halogens is 1. The Morgan fingerprint density at radius 3 is 2.56 bits per heavy atom. The van der Waals surface area contributed by atoms with Gasteiger partial charge in [-0.25, -0.2) is 8.42 Å². The van der Waals surface area contributed by atoms with Gasteiger partial charge in [-0.05, 0) is 43.5 Å². The Bertz CT molecular complexity index is 498. The minimum atomic E-state index is -2.85. The molecule has 1 aliphatic heterocycles. The van der Waals surface area contributed by atoms with Gasteiger partial charge in [0.15, 0.2) is 9.84 Å². The van der Waals surface area contributed by atoms with Crippen molar-refractivity contribution < 1.29 is 8.42 Å².